The largest absolute Gasteiger partial charge is 0.207 e. The Labute approximate surface area is 99.0 Å². The summed E-state index contributed by atoms with van der Waals surface area (Å²) in [5, 5.41) is 0. The molecule has 82 valence electrons. The first-order valence-electron chi connectivity index (χ1n) is 5.37. The van der Waals surface area contributed by atoms with E-state index in [-0.39, 0.29) is 5.82 Å². The number of hydrogen-bond acceptors (Lipinski definition) is 0. The van der Waals surface area contributed by atoms with Crippen LogP contribution in [0.2, 0.25) is 0 Å². The van der Waals surface area contributed by atoms with E-state index in [1.807, 2.05) is 6.07 Å². The minimum Gasteiger partial charge on any atom is -0.207 e. The molecule has 2 atom stereocenters. The Morgan fingerprint density at radius 1 is 1.53 bits per heavy atom. The van der Waals surface area contributed by atoms with Crippen LogP contribution in [0.3, 0.4) is 0 Å². The fourth-order valence-corrected chi connectivity index (χ4v) is 3.43. The molecule has 1 aromatic rings. The summed E-state index contributed by atoms with van der Waals surface area (Å²) in [5.41, 5.74) is 1.56. The molecule has 0 spiro atoms. The van der Waals surface area contributed by atoms with Gasteiger partial charge in [-0.2, -0.15) is 0 Å². The van der Waals surface area contributed by atoms with Gasteiger partial charge < -0.3 is 0 Å². The third-order valence-corrected chi connectivity index (χ3v) is 4.31. The molecule has 2 unspecified atom stereocenters. The number of hydrogen-bond donors (Lipinski definition) is 0. The van der Waals surface area contributed by atoms with Gasteiger partial charge in [0.2, 0.25) is 0 Å². The monoisotopic (exact) mass is 270 g/mol. The highest BCUT2D eigenvalue weighted by atomic mass is 79.9. The Morgan fingerprint density at radius 2 is 2.20 bits per heavy atom. The van der Waals surface area contributed by atoms with Crippen LogP contribution in [0.1, 0.15) is 25.8 Å². The fourth-order valence-electron chi connectivity index (χ4n) is 2.16. The van der Waals surface area contributed by atoms with Crippen molar-refractivity contribution in [2.24, 2.45) is 11.3 Å². The molecular formula is C13H16BrF. The Bertz CT molecular complexity index is 359. The molecule has 2 rings (SSSR count). The summed E-state index contributed by atoms with van der Waals surface area (Å²) >= 11 is 3.72. The van der Waals surface area contributed by atoms with Crippen LogP contribution in [0.4, 0.5) is 4.39 Å². The molecule has 0 bridgehead atoms. The van der Waals surface area contributed by atoms with Crippen molar-refractivity contribution >= 4 is 15.9 Å². The molecule has 0 heterocycles. The lowest BCUT2D eigenvalue weighted by Crippen LogP contribution is -2.09. The third-order valence-electron chi connectivity index (χ3n) is 3.35. The average Bonchev–Trinajstić information content (AvgIpc) is 2.75. The van der Waals surface area contributed by atoms with Crippen LogP contribution in [-0.4, -0.2) is 4.83 Å². The molecule has 0 aliphatic heterocycles. The molecule has 0 saturated heterocycles. The van der Waals surface area contributed by atoms with E-state index in [0.717, 1.165) is 17.9 Å². The second-order valence-electron chi connectivity index (χ2n) is 5.15. The second-order valence-corrected chi connectivity index (χ2v) is 6.33. The minimum atomic E-state index is -0.137. The van der Waals surface area contributed by atoms with E-state index in [1.165, 1.54) is 12.5 Å². The number of halogens is 2. The lowest BCUT2D eigenvalue weighted by atomic mass is 10.0. The Kier molecular flexibility index (Phi) is 2.89. The van der Waals surface area contributed by atoms with Crippen molar-refractivity contribution in [1.29, 1.82) is 0 Å². The molecule has 0 nitrogen and oxygen atoms in total. The summed E-state index contributed by atoms with van der Waals surface area (Å²) in [4.78, 5) is 0.481. The molecule has 1 saturated carbocycles. The predicted octanol–water partition coefficient (Wildman–Crippen LogP) is 4.18. The van der Waals surface area contributed by atoms with Gasteiger partial charge in [-0.05, 0) is 41.9 Å². The highest BCUT2D eigenvalue weighted by Gasteiger charge is 2.48. The van der Waals surface area contributed by atoms with Gasteiger partial charge in [-0.25, -0.2) is 4.39 Å². The molecule has 1 aliphatic rings. The molecule has 0 aromatic heterocycles. The van der Waals surface area contributed by atoms with Crippen LogP contribution < -0.4 is 0 Å². The quantitative estimate of drug-likeness (QED) is 0.723. The molecule has 0 radical (unpaired) electrons. The maximum atomic E-state index is 13.0. The zero-order valence-electron chi connectivity index (χ0n) is 9.13. The van der Waals surface area contributed by atoms with Gasteiger partial charge in [-0.1, -0.05) is 41.9 Å². The van der Waals surface area contributed by atoms with Gasteiger partial charge in [0.25, 0.3) is 0 Å². The molecule has 1 aromatic carbocycles. The van der Waals surface area contributed by atoms with Crippen molar-refractivity contribution in [3.63, 3.8) is 0 Å². The molecular weight excluding hydrogens is 255 g/mol. The van der Waals surface area contributed by atoms with Crippen molar-refractivity contribution in [2.45, 2.75) is 31.5 Å². The van der Waals surface area contributed by atoms with Crippen LogP contribution in [-0.2, 0) is 6.42 Å². The second kappa shape index (κ2) is 3.89. The van der Waals surface area contributed by atoms with E-state index in [4.69, 9.17) is 0 Å². The minimum absolute atomic E-state index is 0.137. The third kappa shape index (κ3) is 2.60. The highest BCUT2D eigenvalue weighted by Crippen LogP contribution is 2.55. The van der Waals surface area contributed by atoms with Gasteiger partial charge in [0.1, 0.15) is 5.82 Å². The van der Waals surface area contributed by atoms with Gasteiger partial charge in [0.15, 0.2) is 0 Å². The van der Waals surface area contributed by atoms with Crippen LogP contribution >= 0.6 is 15.9 Å². The summed E-state index contributed by atoms with van der Waals surface area (Å²) in [5.74, 6) is 0.600. The van der Waals surface area contributed by atoms with E-state index in [0.29, 0.717) is 10.2 Å². The maximum absolute atomic E-state index is 13.0. The Balaban J connectivity index is 1.98. The van der Waals surface area contributed by atoms with Crippen LogP contribution in [0, 0.1) is 17.2 Å². The smallest absolute Gasteiger partial charge is 0.123 e. The zero-order valence-corrected chi connectivity index (χ0v) is 10.7. The van der Waals surface area contributed by atoms with Gasteiger partial charge in [0, 0.05) is 4.83 Å². The summed E-state index contributed by atoms with van der Waals surface area (Å²) in [6.07, 6.45) is 2.20. The lowest BCUT2D eigenvalue weighted by Gasteiger charge is -2.11. The van der Waals surface area contributed by atoms with Gasteiger partial charge in [-0.3, -0.25) is 0 Å². The Morgan fingerprint density at radius 3 is 2.73 bits per heavy atom. The van der Waals surface area contributed by atoms with Crippen LogP contribution in [0.25, 0.3) is 0 Å². The SMILES string of the molecule is CC1(C)CC1C(Br)Cc1cccc(F)c1. The van der Waals surface area contributed by atoms with Crippen LogP contribution in [0.15, 0.2) is 24.3 Å². The maximum Gasteiger partial charge on any atom is 0.123 e. The fraction of sp³-hybridized carbons (Fsp3) is 0.538. The van der Waals surface area contributed by atoms with Crippen molar-refractivity contribution in [1.82, 2.24) is 0 Å². The molecule has 15 heavy (non-hydrogen) atoms. The molecule has 2 heteroatoms. The van der Waals surface area contributed by atoms with Crippen molar-refractivity contribution in [2.75, 3.05) is 0 Å². The van der Waals surface area contributed by atoms with Gasteiger partial charge >= 0.3 is 0 Å². The molecule has 0 amide bonds. The van der Waals surface area contributed by atoms with Crippen molar-refractivity contribution < 1.29 is 4.39 Å². The predicted molar refractivity (Wildman–Crippen MR) is 64.7 cm³/mol. The van der Waals surface area contributed by atoms with Gasteiger partial charge in [0.05, 0.1) is 0 Å². The number of benzene rings is 1. The first kappa shape index (κ1) is 11.1. The highest BCUT2D eigenvalue weighted by molar-refractivity contribution is 9.09. The van der Waals surface area contributed by atoms with E-state index < -0.39 is 0 Å². The summed E-state index contributed by atoms with van der Waals surface area (Å²) in [6.45, 7) is 4.58. The van der Waals surface area contributed by atoms with Crippen LogP contribution in [0.5, 0.6) is 0 Å². The normalized spacial score (nSPS) is 24.9. The first-order valence-corrected chi connectivity index (χ1v) is 6.29. The number of rotatable bonds is 3. The van der Waals surface area contributed by atoms with Crippen molar-refractivity contribution in [3.8, 4) is 0 Å². The van der Waals surface area contributed by atoms with E-state index in [9.17, 15) is 4.39 Å². The summed E-state index contributed by atoms with van der Waals surface area (Å²) in [6, 6.07) is 6.90. The summed E-state index contributed by atoms with van der Waals surface area (Å²) in [7, 11) is 0. The average molecular weight is 271 g/mol. The van der Waals surface area contributed by atoms with Gasteiger partial charge in [-0.15, -0.1) is 0 Å². The molecule has 1 aliphatic carbocycles. The van der Waals surface area contributed by atoms with Crippen molar-refractivity contribution in [3.05, 3.63) is 35.6 Å². The summed E-state index contributed by atoms with van der Waals surface area (Å²) < 4.78 is 13.0. The lowest BCUT2D eigenvalue weighted by molar-refractivity contribution is 0.545. The zero-order chi connectivity index (χ0) is 11.1. The van der Waals surface area contributed by atoms with E-state index in [2.05, 4.69) is 29.8 Å². The van der Waals surface area contributed by atoms with E-state index >= 15 is 0 Å². The number of alkyl halides is 1. The topological polar surface area (TPSA) is 0 Å². The standard InChI is InChI=1S/C13H16BrF/c1-13(2)8-11(13)12(14)7-9-4-3-5-10(15)6-9/h3-6,11-12H,7-8H2,1-2H3. The first-order chi connectivity index (χ1) is 6.99. The Hall–Kier alpha value is -0.370. The molecule has 1 fully saturated rings. The molecule has 0 N–H and O–H groups in total. The van der Waals surface area contributed by atoms with E-state index in [1.54, 1.807) is 12.1 Å².